The molecule has 0 bridgehead atoms. The summed E-state index contributed by atoms with van der Waals surface area (Å²) in [5.41, 5.74) is 0.0278. The Bertz CT molecular complexity index is 1440. The second kappa shape index (κ2) is 22.3. The summed E-state index contributed by atoms with van der Waals surface area (Å²) in [6.07, 6.45) is 14.3. The van der Waals surface area contributed by atoms with Crippen LogP contribution in [0, 0.1) is 0 Å². The molecule has 2 aliphatic rings. The van der Waals surface area contributed by atoms with Crippen LogP contribution in [-0.2, 0) is 9.59 Å². The van der Waals surface area contributed by atoms with Crippen LogP contribution in [0.1, 0.15) is 119 Å². The molecule has 2 fully saturated rings. The van der Waals surface area contributed by atoms with Gasteiger partial charge in [0, 0.05) is 93.1 Å². The molecule has 0 N–H and O–H groups in total. The predicted molar refractivity (Wildman–Crippen MR) is 196 cm³/mol. The van der Waals surface area contributed by atoms with E-state index < -0.39 is 0 Å². The Hall–Kier alpha value is -4.35. The first kappa shape index (κ1) is 42.7. The molecule has 0 aliphatic carbocycles. The number of rotatable bonds is 5. The molecule has 2 saturated heterocycles. The monoisotopic (exact) mass is 681 g/mol. The van der Waals surface area contributed by atoms with Crippen molar-refractivity contribution in [1.82, 2.24) is 33.5 Å². The summed E-state index contributed by atoms with van der Waals surface area (Å²) < 4.78 is 4.91. The molecule has 0 radical (unpaired) electrons. The van der Waals surface area contributed by atoms with E-state index in [0.29, 0.717) is 23.9 Å². The summed E-state index contributed by atoms with van der Waals surface area (Å²) in [5, 5.41) is 0. The smallest absolute Gasteiger partial charge is 0.269 e. The molecule has 0 saturated carbocycles. The van der Waals surface area contributed by atoms with E-state index in [2.05, 4.69) is 37.7 Å². The standard InChI is InChI=1S/C8H15NO.C8H11NO.2C7H10N2O.C7H13NO/c2*1-7(2)9-6-4-3-5-8(9)10;1-6(2)9-4-3-8-5-7(9)10;1-6(2)9-5-8-4-3-7(9)10;1-6(2)8-5-3-4-7(8)9/h7H,3-6H2,1-2H3;3-7H,1-2H3;2*3-6H,1-2H3;6H,3-5H2,1-2H3. The molecule has 2 aliphatic heterocycles. The number of carbonyl (C=O) groups is 2. The molecule has 0 atom stereocenters. The fourth-order valence-corrected chi connectivity index (χ4v) is 4.99. The van der Waals surface area contributed by atoms with Crippen LogP contribution < -0.4 is 16.7 Å². The van der Waals surface area contributed by atoms with Gasteiger partial charge in [-0.3, -0.25) is 33.5 Å². The Labute approximate surface area is 291 Å². The molecular formula is C37H59N7O5. The maximum absolute atomic E-state index is 11.2. The number of aromatic nitrogens is 5. The van der Waals surface area contributed by atoms with Gasteiger partial charge in [-0.1, -0.05) is 6.07 Å². The first-order chi connectivity index (χ1) is 23.1. The second-order valence-corrected chi connectivity index (χ2v) is 13.3. The number of hydrogen-bond donors (Lipinski definition) is 0. The number of pyridine rings is 1. The normalized spacial score (nSPS) is 14.1. The van der Waals surface area contributed by atoms with E-state index in [-0.39, 0.29) is 34.8 Å². The van der Waals surface area contributed by atoms with Gasteiger partial charge in [0.15, 0.2) is 0 Å². The van der Waals surface area contributed by atoms with Crippen LogP contribution in [0.4, 0.5) is 0 Å². The Morgan fingerprint density at radius 1 is 0.510 bits per heavy atom. The summed E-state index contributed by atoms with van der Waals surface area (Å²) in [6.45, 7) is 22.0. The fraction of sp³-hybridized carbons (Fsp3) is 0.595. The molecule has 5 heterocycles. The molecular weight excluding hydrogens is 622 g/mol. The molecule has 0 unspecified atom stereocenters. The topological polar surface area (TPSA) is 132 Å². The number of piperidine rings is 1. The van der Waals surface area contributed by atoms with Crippen LogP contribution in [-0.4, -0.2) is 70.5 Å². The molecule has 3 aromatic heterocycles. The van der Waals surface area contributed by atoms with E-state index in [0.717, 1.165) is 38.8 Å². The maximum Gasteiger partial charge on any atom is 0.269 e. The minimum absolute atomic E-state index is 0.00463. The SMILES string of the molecule is CC(C)N1CCCC1=O.CC(C)N1CCCCC1=O.CC(C)n1ccccc1=O.CC(C)n1ccncc1=O.CC(C)n1cnccc1=O. The molecule has 272 valence electrons. The predicted octanol–water partition coefficient (Wildman–Crippen LogP) is 5.50. The van der Waals surface area contributed by atoms with E-state index >= 15 is 0 Å². The zero-order valence-electron chi connectivity index (χ0n) is 31.3. The first-order valence-electron chi connectivity index (χ1n) is 17.4. The highest BCUT2D eigenvalue weighted by atomic mass is 16.2. The highest BCUT2D eigenvalue weighted by Gasteiger charge is 2.22. The van der Waals surface area contributed by atoms with Crippen molar-refractivity contribution in [3.63, 3.8) is 0 Å². The first-order valence-corrected chi connectivity index (χ1v) is 17.4. The molecule has 5 rings (SSSR count). The van der Waals surface area contributed by atoms with Gasteiger partial charge in [-0.05, 0) is 94.6 Å². The van der Waals surface area contributed by atoms with Crippen molar-refractivity contribution in [1.29, 1.82) is 0 Å². The average Bonchev–Trinajstić information content (AvgIpc) is 3.49. The highest BCUT2D eigenvalue weighted by molar-refractivity contribution is 5.78. The number of hydrogen-bond acceptors (Lipinski definition) is 7. The van der Waals surface area contributed by atoms with Crippen LogP contribution in [0.25, 0.3) is 0 Å². The van der Waals surface area contributed by atoms with Gasteiger partial charge in [-0.2, -0.15) is 0 Å². The largest absolute Gasteiger partial charge is 0.340 e. The number of amides is 2. The van der Waals surface area contributed by atoms with Crippen LogP contribution in [0.3, 0.4) is 0 Å². The Balaban J connectivity index is 0.000000306. The van der Waals surface area contributed by atoms with E-state index in [4.69, 9.17) is 0 Å². The second-order valence-electron chi connectivity index (χ2n) is 13.3. The molecule has 49 heavy (non-hydrogen) atoms. The quantitative estimate of drug-likeness (QED) is 0.347. The van der Waals surface area contributed by atoms with Crippen molar-refractivity contribution in [3.8, 4) is 0 Å². The van der Waals surface area contributed by atoms with Gasteiger partial charge in [0.05, 0.1) is 12.5 Å². The summed E-state index contributed by atoms with van der Waals surface area (Å²) in [4.78, 5) is 66.5. The summed E-state index contributed by atoms with van der Waals surface area (Å²) in [5.74, 6) is 0.659. The molecule has 2 amide bonds. The third-order valence-corrected chi connectivity index (χ3v) is 7.74. The van der Waals surface area contributed by atoms with Crippen LogP contribution in [0.2, 0.25) is 0 Å². The zero-order chi connectivity index (χ0) is 37.1. The van der Waals surface area contributed by atoms with E-state index in [1.165, 1.54) is 24.9 Å². The van der Waals surface area contributed by atoms with Crippen molar-refractivity contribution in [2.75, 3.05) is 13.1 Å². The van der Waals surface area contributed by atoms with Gasteiger partial charge in [-0.15, -0.1) is 0 Å². The van der Waals surface area contributed by atoms with E-state index in [1.807, 2.05) is 57.4 Å². The van der Waals surface area contributed by atoms with Gasteiger partial charge in [0.25, 0.3) is 16.7 Å². The van der Waals surface area contributed by atoms with Crippen molar-refractivity contribution in [2.45, 2.75) is 132 Å². The molecule has 12 nitrogen and oxygen atoms in total. The average molecular weight is 682 g/mol. The molecule has 0 spiro atoms. The lowest BCUT2D eigenvalue weighted by atomic mass is 10.1. The van der Waals surface area contributed by atoms with Gasteiger partial charge in [0.1, 0.15) is 0 Å². The third-order valence-electron chi connectivity index (χ3n) is 7.74. The Morgan fingerprint density at radius 3 is 1.39 bits per heavy atom. The van der Waals surface area contributed by atoms with Gasteiger partial charge < -0.3 is 18.9 Å². The number of carbonyl (C=O) groups excluding carboxylic acids is 2. The van der Waals surface area contributed by atoms with Crippen LogP contribution in [0.15, 0.2) is 76.0 Å². The highest BCUT2D eigenvalue weighted by Crippen LogP contribution is 2.13. The lowest BCUT2D eigenvalue weighted by Gasteiger charge is -2.30. The summed E-state index contributed by atoms with van der Waals surface area (Å²) >= 11 is 0. The van der Waals surface area contributed by atoms with Crippen molar-refractivity contribution >= 4 is 11.8 Å². The minimum atomic E-state index is -0.0440. The molecule has 12 heteroatoms. The third kappa shape index (κ3) is 15.6. The van der Waals surface area contributed by atoms with Crippen LogP contribution in [0.5, 0.6) is 0 Å². The summed E-state index contributed by atoms with van der Waals surface area (Å²) in [7, 11) is 0. The Morgan fingerprint density at radius 2 is 1.02 bits per heavy atom. The van der Waals surface area contributed by atoms with Gasteiger partial charge >= 0.3 is 0 Å². The number of nitrogens with zero attached hydrogens (tertiary/aromatic N) is 7. The van der Waals surface area contributed by atoms with Crippen LogP contribution >= 0.6 is 0 Å². The van der Waals surface area contributed by atoms with Crippen molar-refractivity contribution in [3.05, 3.63) is 92.6 Å². The molecule has 3 aromatic rings. The van der Waals surface area contributed by atoms with Crippen molar-refractivity contribution < 1.29 is 9.59 Å². The van der Waals surface area contributed by atoms with E-state index in [9.17, 15) is 24.0 Å². The number of likely N-dealkylation sites (tertiary alicyclic amines) is 2. The van der Waals surface area contributed by atoms with Gasteiger partial charge in [-0.25, -0.2) is 4.98 Å². The van der Waals surface area contributed by atoms with E-state index in [1.54, 1.807) is 50.8 Å². The summed E-state index contributed by atoms with van der Waals surface area (Å²) in [6, 6.07) is 8.11. The zero-order valence-corrected chi connectivity index (χ0v) is 31.3. The van der Waals surface area contributed by atoms with Crippen molar-refractivity contribution in [2.24, 2.45) is 0 Å². The minimum Gasteiger partial charge on any atom is -0.340 e. The van der Waals surface area contributed by atoms with Gasteiger partial charge in [0.2, 0.25) is 11.8 Å². The Kier molecular flexibility index (Phi) is 19.4. The lowest BCUT2D eigenvalue weighted by molar-refractivity contribution is -0.135. The lowest BCUT2D eigenvalue weighted by Crippen LogP contribution is -2.40. The maximum atomic E-state index is 11.2. The molecule has 0 aromatic carbocycles. The fourth-order valence-electron chi connectivity index (χ4n) is 4.99.